The van der Waals surface area contributed by atoms with Gasteiger partial charge in [-0.3, -0.25) is 9.59 Å². The van der Waals surface area contributed by atoms with E-state index in [0.29, 0.717) is 13.0 Å². The van der Waals surface area contributed by atoms with Crippen molar-refractivity contribution in [3.63, 3.8) is 0 Å². The number of carbonyl (C=O) groups is 3. The summed E-state index contributed by atoms with van der Waals surface area (Å²) in [6.45, 7) is 0.556. The Kier molecular flexibility index (Phi) is 4.87. The zero-order chi connectivity index (χ0) is 20.0. The smallest absolute Gasteiger partial charge is 0.365 e. The maximum atomic E-state index is 12.8. The van der Waals surface area contributed by atoms with Crippen LogP contribution >= 0.6 is 23.2 Å². The Hall–Kier alpha value is -2.41. The van der Waals surface area contributed by atoms with Crippen molar-refractivity contribution in [2.24, 2.45) is 0 Å². The van der Waals surface area contributed by atoms with Crippen LogP contribution in [0.25, 0.3) is 0 Å². The molecule has 28 heavy (non-hydrogen) atoms. The molecule has 2 aromatic carbocycles. The number of amides is 2. The van der Waals surface area contributed by atoms with Crippen molar-refractivity contribution >= 4 is 41.0 Å². The molecule has 0 spiro atoms. The molecule has 2 aliphatic heterocycles. The lowest BCUT2D eigenvalue weighted by molar-refractivity contribution is -0.939. The van der Waals surface area contributed by atoms with Gasteiger partial charge in [-0.25, -0.2) is 9.69 Å². The molecule has 4 rings (SSSR count). The average Bonchev–Trinajstić information content (AvgIpc) is 2.91. The molecule has 2 amide bonds. The third kappa shape index (κ3) is 3.07. The Morgan fingerprint density at radius 1 is 1.11 bits per heavy atom. The number of methoxy groups -OCH3 is 1. The van der Waals surface area contributed by atoms with Crippen molar-refractivity contribution in [2.45, 2.75) is 19.0 Å². The highest BCUT2D eigenvalue weighted by atomic mass is 35.5. The van der Waals surface area contributed by atoms with Gasteiger partial charge < -0.3 is 9.64 Å². The molecule has 2 aliphatic rings. The van der Waals surface area contributed by atoms with Crippen LogP contribution in [0.3, 0.4) is 0 Å². The summed E-state index contributed by atoms with van der Waals surface area (Å²) in [4.78, 5) is 39.9. The van der Waals surface area contributed by atoms with Gasteiger partial charge in [0.2, 0.25) is 0 Å². The fraction of sp³-hybridized carbons (Fsp3) is 0.250. The zero-order valence-corrected chi connectivity index (χ0v) is 16.5. The Bertz CT molecular complexity index is 967. The van der Waals surface area contributed by atoms with E-state index in [1.807, 2.05) is 24.3 Å². The second-order valence-electron chi connectivity index (χ2n) is 6.89. The summed E-state index contributed by atoms with van der Waals surface area (Å²) in [5, 5.41) is 0.435. The number of rotatable bonds is 3. The summed E-state index contributed by atoms with van der Waals surface area (Å²) in [5.41, 5.74) is 2.61. The lowest BCUT2D eigenvalue weighted by Gasteiger charge is -2.33. The summed E-state index contributed by atoms with van der Waals surface area (Å²) in [5.74, 6) is -1.24. The molecule has 0 saturated carbocycles. The number of carbonyl (C=O) groups excluding carboxylic acids is 3. The Morgan fingerprint density at radius 2 is 1.68 bits per heavy atom. The number of quaternary nitrogens is 1. The number of halogens is 2. The predicted octanol–water partition coefficient (Wildman–Crippen LogP) is 1.73. The normalized spacial score (nSPS) is 20.8. The van der Waals surface area contributed by atoms with Crippen LogP contribution < -0.4 is 4.90 Å². The molecule has 0 saturated heterocycles. The van der Waals surface area contributed by atoms with Gasteiger partial charge in [0.1, 0.15) is 6.54 Å². The highest BCUT2D eigenvalue weighted by molar-refractivity contribution is 6.43. The van der Waals surface area contributed by atoms with Gasteiger partial charge in [0, 0.05) is 12.0 Å². The molecule has 8 heteroatoms. The molecule has 6 nitrogen and oxygen atoms in total. The molecule has 2 heterocycles. The van der Waals surface area contributed by atoms with E-state index in [0.717, 1.165) is 20.9 Å². The van der Waals surface area contributed by atoms with E-state index in [9.17, 15) is 14.4 Å². The summed E-state index contributed by atoms with van der Waals surface area (Å²) in [6.07, 6.45) is 0.485. The Morgan fingerprint density at radius 3 is 2.25 bits per heavy atom. The minimum absolute atomic E-state index is 0.0513. The fourth-order valence-electron chi connectivity index (χ4n) is 3.85. The highest BCUT2D eigenvalue weighted by Gasteiger charge is 2.43. The minimum atomic E-state index is -0.503. The molecule has 2 atom stereocenters. The van der Waals surface area contributed by atoms with Gasteiger partial charge in [0.05, 0.1) is 28.3 Å². The maximum absolute atomic E-state index is 12.8. The third-order valence-corrected chi connectivity index (χ3v) is 6.03. The maximum Gasteiger partial charge on any atom is 0.365 e. The molecular formula is C20H17Cl2N2O4+. The quantitative estimate of drug-likeness (QED) is 0.607. The van der Waals surface area contributed by atoms with Crippen LogP contribution in [-0.2, 0) is 22.5 Å². The second kappa shape index (κ2) is 7.20. The van der Waals surface area contributed by atoms with Crippen LogP contribution in [0.2, 0.25) is 10.0 Å². The van der Waals surface area contributed by atoms with Gasteiger partial charge in [-0.15, -0.1) is 0 Å². The molecule has 1 unspecified atom stereocenters. The van der Waals surface area contributed by atoms with E-state index in [-0.39, 0.29) is 33.8 Å². The van der Waals surface area contributed by atoms with Crippen molar-refractivity contribution in [1.29, 1.82) is 0 Å². The van der Waals surface area contributed by atoms with E-state index in [1.54, 1.807) is 0 Å². The topological polar surface area (TPSA) is 68.1 Å². The number of hydrogen-bond donors (Lipinski definition) is 1. The van der Waals surface area contributed by atoms with Gasteiger partial charge in [-0.2, -0.15) is 0 Å². The summed E-state index contributed by atoms with van der Waals surface area (Å²) in [6, 6.07) is 10.2. The van der Waals surface area contributed by atoms with Crippen molar-refractivity contribution in [3.8, 4) is 0 Å². The number of nitrogens with one attached hydrogen (secondary N) is 1. The number of fused-ring (bicyclic) bond motifs is 2. The lowest BCUT2D eigenvalue weighted by Crippen LogP contribution is -3.18. The van der Waals surface area contributed by atoms with Crippen LogP contribution in [0.5, 0.6) is 0 Å². The Labute approximate surface area is 171 Å². The average molecular weight is 420 g/mol. The van der Waals surface area contributed by atoms with Crippen LogP contribution in [0.15, 0.2) is 36.4 Å². The summed E-state index contributed by atoms with van der Waals surface area (Å²) in [7, 11) is 1.34. The number of benzene rings is 2. The fourth-order valence-corrected chi connectivity index (χ4v) is 4.18. The summed E-state index contributed by atoms with van der Waals surface area (Å²) < 4.78 is 4.96. The molecule has 0 bridgehead atoms. The largest absolute Gasteiger partial charge is 0.465 e. The van der Waals surface area contributed by atoms with E-state index in [4.69, 9.17) is 27.9 Å². The SMILES string of the molecule is COC(=O)[C@H]1Cc2ccccc2C[NH+]1CN1C(=O)c2cc(Cl)c(Cl)cc2C1=O. The van der Waals surface area contributed by atoms with Crippen molar-refractivity contribution < 1.29 is 24.0 Å². The number of nitrogens with zero attached hydrogens (tertiary/aromatic N) is 1. The number of ether oxygens (including phenoxy) is 1. The monoisotopic (exact) mass is 419 g/mol. The van der Waals surface area contributed by atoms with Gasteiger partial charge in [-0.1, -0.05) is 47.5 Å². The molecule has 0 fully saturated rings. The van der Waals surface area contributed by atoms with Gasteiger partial charge in [0.25, 0.3) is 11.8 Å². The van der Waals surface area contributed by atoms with Gasteiger partial charge >= 0.3 is 5.97 Å². The lowest BCUT2D eigenvalue weighted by atomic mass is 9.94. The van der Waals surface area contributed by atoms with Crippen LogP contribution in [-0.4, -0.2) is 42.5 Å². The van der Waals surface area contributed by atoms with Crippen molar-refractivity contribution in [2.75, 3.05) is 13.8 Å². The minimum Gasteiger partial charge on any atom is -0.465 e. The first-order chi connectivity index (χ1) is 13.4. The van der Waals surface area contributed by atoms with Crippen LogP contribution in [0.1, 0.15) is 31.8 Å². The first-order valence-corrected chi connectivity index (χ1v) is 9.50. The molecule has 0 radical (unpaired) electrons. The number of hydrogen-bond acceptors (Lipinski definition) is 4. The van der Waals surface area contributed by atoms with Crippen molar-refractivity contribution in [1.82, 2.24) is 4.90 Å². The molecule has 0 aromatic heterocycles. The van der Waals surface area contributed by atoms with E-state index >= 15 is 0 Å². The number of imide groups is 1. The van der Waals surface area contributed by atoms with Gasteiger partial charge in [0.15, 0.2) is 12.7 Å². The Balaban J connectivity index is 1.65. The first-order valence-electron chi connectivity index (χ1n) is 8.75. The standard InChI is InChI=1S/C20H16Cl2N2O4/c1-28-20(27)17-6-11-4-2-3-5-12(11)9-23(17)10-24-18(25)13-7-15(21)16(22)8-14(13)19(24)26/h2-5,7-8,17H,6,9-10H2,1H3/p+1/t17-/m1/s1. The summed E-state index contributed by atoms with van der Waals surface area (Å²) >= 11 is 12.0. The molecule has 144 valence electrons. The highest BCUT2D eigenvalue weighted by Crippen LogP contribution is 2.31. The van der Waals surface area contributed by atoms with Gasteiger partial charge in [-0.05, 0) is 17.7 Å². The molecule has 1 N–H and O–H groups in total. The van der Waals surface area contributed by atoms with E-state index in [2.05, 4.69) is 0 Å². The third-order valence-electron chi connectivity index (χ3n) is 5.31. The van der Waals surface area contributed by atoms with Crippen LogP contribution in [0, 0.1) is 0 Å². The first kappa shape index (κ1) is 18.9. The number of esters is 1. The van der Waals surface area contributed by atoms with Crippen LogP contribution in [0.4, 0.5) is 0 Å². The predicted molar refractivity (Wildman–Crippen MR) is 102 cm³/mol. The molecule has 2 aromatic rings. The van der Waals surface area contributed by atoms with E-state index in [1.165, 1.54) is 19.2 Å². The van der Waals surface area contributed by atoms with E-state index < -0.39 is 17.9 Å². The zero-order valence-electron chi connectivity index (χ0n) is 15.0. The van der Waals surface area contributed by atoms with Crippen molar-refractivity contribution in [3.05, 3.63) is 68.7 Å². The molecular weight excluding hydrogens is 403 g/mol. The molecule has 0 aliphatic carbocycles. The second-order valence-corrected chi connectivity index (χ2v) is 7.71.